The summed E-state index contributed by atoms with van der Waals surface area (Å²) in [5.41, 5.74) is 1.25. The Bertz CT molecular complexity index is 392. The first kappa shape index (κ1) is 9.77. The van der Waals surface area contributed by atoms with Crippen molar-refractivity contribution in [2.45, 2.75) is 19.3 Å². The van der Waals surface area contributed by atoms with E-state index in [9.17, 15) is 0 Å². The molecule has 2 N–H and O–H groups in total. The molecule has 1 aromatic heterocycles. The van der Waals surface area contributed by atoms with Crippen molar-refractivity contribution >= 4 is 0 Å². The SMILES string of the molecule is Oc1ccc(CCCc2ncc[nH]2)cc1. The summed E-state index contributed by atoms with van der Waals surface area (Å²) in [6.45, 7) is 0. The summed E-state index contributed by atoms with van der Waals surface area (Å²) >= 11 is 0. The molecule has 0 unspecified atom stereocenters. The van der Waals surface area contributed by atoms with Gasteiger partial charge in [-0.2, -0.15) is 0 Å². The van der Waals surface area contributed by atoms with E-state index < -0.39 is 0 Å². The quantitative estimate of drug-likeness (QED) is 0.799. The second-order valence-corrected chi connectivity index (χ2v) is 3.56. The van der Waals surface area contributed by atoms with Gasteiger partial charge in [0.2, 0.25) is 0 Å². The molecule has 0 radical (unpaired) electrons. The normalized spacial score (nSPS) is 10.4. The number of nitrogens with zero attached hydrogens (tertiary/aromatic N) is 1. The molecular weight excluding hydrogens is 188 g/mol. The molecule has 0 spiro atoms. The van der Waals surface area contributed by atoms with Crippen molar-refractivity contribution in [2.75, 3.05) is 0 Å². The van der Waals surface area contributed by atoms with Gasteiger partial charge in [-0.25, -0.2) is 4.98 Å². The Morgan fingerprint density at radius 3 is 2.60 bits per heavy atom. The van der Waals surface area contributed by atoms with Gasteiger partial charge < -0.3 is 10.1 Å². The highest BCUT2D eigenvalue weighted by Gasteiger charge is 1.96. The van der Waals surface area contributed by atoms with E-state index in [2.05, 4.69) is 9.97 Å². The number of nitrogens with one attached hydrogen (secondary N) is 1. The molecule has 0 aliphatic rings. The van der Waals surface area contributed by atoms with Gasteiger partial charge >= 0.3 is 0 Å². The summed E-state index contributed by atoms with van der Waals surface area (Å²) in [6.07, 6.45) is 6.67. The van der Waals surface area contributed by atoms with Crippen molar-refractivity contribution in [3.8, 4) is 5.75 Å². The molecule has 0 saturated heterocycles. The zero-order chi connectivity index (χ0) is 10.5. The van der Waals surface area contributed by atoms with Crippen LogP contribution in [0.15, 0.2) is 36.7 Å². The van der Waals surface area contributed by atoms with Gasteiger partial charge in [-0.1, -0.05) is 12.1 Å². The monoisotopic (exact) mass is 202 g/mol. The van der Waals surface area contributed by atoms with Gasteiger partial charge in [-0.05, 0) is 30.5 Å². The van der Waals surface area contributed by atoms with Gasteiger partial charge in [0.15, 0.2) is 0 Å². The molecule has 3 nitrogen and oxygen atoms in total. The third-order valence-electron chi connectivity index (χ3n) is 2.37. The third kappa shape index (κ3) is 2.84. The van der Waals surface area contributed by atoms with Crippen LogP contribution < -0.4 is 0 Å². The maximum Gasteiger partial charge on any atom is 0.115 e. The van der Waals surface area contributed by atoms with Crippen LogP contribution in [0.25, 0.3) is 0 Å². The van der Waals surface area contributed by atoms with Crippen LogP contribution in [0.2, 0.25) is 0 Å². The molecule has 0 bridgehead atoms. The van der Waals surface area contributed by atoms with Crippen molar-refractivity contribution < 1.29 is 5.11 Å². The second-order valence-electron chi connectivity index (χ2n) is 3.56. The minimum Gasteiger partial charge on any atom is -0.508 e. The summed E-state index contributed by atoms with van der Waals surface area (Å²) in [5, 5.41) is 9.12. The topological polar surface area (TPSA) is 48.9 Å². The van der Waals surface area contributed by atoms with E-state index in [0.29, 0.717) is 5.75 Å². The van der Waals surface area contributed by atoms with Crippen molar-refractivity contribution in [1.82, 2.24) is 9.97 Å². The molecule has 3 heteroatoms. The maximum absolute atomic E-state index is 9.12. The van der Waals surface area contributed by atoms with E-state index in [1.807, 2.05) is 18.3 Å². The van der Waals surface area contributed by atoms with Crippen LogP contribution in [-0.2, 0) is 12.8 Å². The molecule has 15 heavy (non-hydrogen) atoms. The molecule has 2 aromatic rings. The fourth-order valence-corrected chi connectivity index (χ4v) is 1.56. The number of imidazole rings is 1. The maximum atomic E-state index is 9.12. The number of benzene rings is 1. The van der Waals surface area contributed by atoms with E-state index in [0.717, 1.165) is 25.1 Å². The van der Waals surface area contributed by atoms with Crippen molar-refractivity contribution in [1.29, 1.82) is 0 Å². The molecule has 1 aromatic carbocycles. The first-order valence-electron chi connectivity index (χ1n) is 5.11. The number of phenolic OH excluding ortho intramolecular Hbond substituents is 1. The van der Waals surface area contributed by atoms with Gasteiger partial charge in [-0.15, -0.1) is 0 Å². The van der Waals surface area contributed by atoms with Crippen LogP contribution in [0.5, 0.6) is 5.75 Å². The van der Waals surface area contributed by atoms with Crippen LogP contribution in [0.4, 0.5) is 0 Å². The zero-order valence-electron chi connectivity index (χ0n) is 8.48. The number of aromatic amines is 1. The lowest BCUT2D eigenvalue weighted by Crippen LogP contribution is -1.91. The summed E-state index contributed by atoms with van der Waals surface area (Å²) in [5.74, 6) is 1.36. The average molecular weight is 202 g/mol. The predicted molar refractivity (Wildman–Crippen MR) is 58.7 cm³/mol. The number of hydrogen-bond acceptors (Lipinski definition) is 2. The van der Waals surface area contributed by atoms with E-state index in [4.69, 9.17) is 5.11 Å². The minimum atomic E-state index is 0.324. The Labute approximate surface area is 88.8 Å². The van der Waals surface area contributed by atoms with Gasteiger partial charge in [-0.3, -0.25) is 0 Å². The minimum absolute atomic E-state index is 0.324. The summed E-state index contributed by atoms with van der Waals surface area (Å²) in [6, 6.07) is 7.36. The molecule has 78 valence electrons. The molecular formula is C12H14N2O. The summed E-state index contributed by atoms with van der Waals surface area (Å²) in [7, 11) is 0. The summed E-state index contributed by atoms with van der Waals surface area (Å²) in [4.78, 5) is 7.25. The van der Waals surface area contributed by atoms with E-state index in [1.54, 1.807) is 18.3 Å². The van der Waals surface area contributed by atoms with E-state index in [-0.39, 0.29) is 0 Å². The van der Waals surface area contributed by atoms with Gasteiger partial charge in [0, 0.05) is 18.8 Å². The van der Waals surface area contributed by atoms with Crippen molar-refractivity contribution in [3.05, 3.63) is 48.0 Å². The molecule has 2 rings (SSSR count). The first-order chi connectivity index (χ1) is 7.34. The highest BCUT2D eigenvalue weighted by Crippen LogP contribution is 2.11. The summed E-state index contributed by atoms with van der Waals surface area (Å²) < 4.78 is 0. The lowest BCUT2D eigenvalue weighted by atomic mass is 10.1. The fraction of sp³-hybridized carbons (Fsp3) is 0.250. The Morgan fingerprint density at radius 2 is 1.93 bits per heavy atom. The lowest BCUT2D eigenvalue weighted by Gasteiger charge is -2.00. The largest absolute Gasteiger partial charge is 0.508 e. The van der Waals surface area contributed by atoms with Crippen LogP contribution >= 0.6 is 0 Å². The Balaban J connectivity index is 1.81. The second kappa shape index (κ2) is 4.64. The number of aromatic nitrogens is 2. The fourth-order valence-electron chi connectivity index (χ4n) is 1.56. The van der Waals surface area contributed by atoms with Gasteiger partial charge in [0.25, 0.3) is 0 Å². The highest BCUT2D eigenvalue weighted by molar-refractivity contribution is 5.25. The third-order valence-corrected chi connectivity index (χ3v) is 2.37. The van der Waals surface area contributed by atoms with Crippen LogP contribution in [-0.4, -0.2) is 15.1 Å². The number of aromatic hydroxyl groups is 1. The number of rotatable bonds is 4. The van der Waals surface area contributed by atoms with E-state index in [1.165, 1.54) is 5.56 Å². The smallest absolute Gasteiger partial charge is 0.115 e. The molecule has 1 heterocycles. The van der Waals surface area contributed by atoms with Gasteiger partial charge in [0.1, 0.15) is 11.6 Å². The zero-order valence-corrected chi connectivity index (χ0v) is 8.48. The molecule has 0 saturated carbocycles. The number of phenols is 1. The van der Waals surface area contributed by atoms with Crippen molar-refractivity contribution in [3.63, 3.8) is 0 Å². The standard InChI is InChI=1S/C12H14N2O/c15-11-6-4-10(5-7-11)2-1-3-12-13-8-9-14-12/h4-9,15H,1-3H2,(H,13,14). The van der Waals surface area contributed by atoms with Crippen molar-refractivity contribution in [2.24, 2.45) is 0 Å². The molecule has 0 fully saturated rings. The van der Waals surface area contributed by atoms with Gasteiger partial charge in [0.05, 0.1) is 0 Å². The average Bonchev–Trinajstić information content (AvgIpc) is 2.74. The van der Waals surface area contributed by atoms with Crippen LogP contribution in [0.3, 0.4) is 0 Å². The van der Waals surface area contributed by atoms with E-state index >= 15 is 0 Å². The first-order valence-corrected chi connectivity index (χ1v) is 5.11. The number of hydrogen-bond donors (Lipinski definition) is 2. The molecule has 0 amide bonds. The Hall–Kier alpha value is -1.77. The van der Waals surface area contributed by atoms with Crippen LogP contribution in [0, 0.1) is 0 Å². The lowest BCUT2D eigenvalue weighted by molar-refractivity contribution is 0.475. The number of aryl methyl sites for hydroxylation is 2. The molecule has 0 aliphatic heterocycles. The van der Waals surface area contributed by atoms with Crippen LogP contribution in [0.1, 0.15) is 17.8 Å². The highest BCUT2D eigenvalue weighted by atomic mass is 16.3. The Morgan fingerprint density at radius 1 is 1.13 bits per heavy atom. The number of H-pyrrole nitrogens is 1. The predicted octanol–water partition coefficient (Wildman–Crippen LogP) is 2.29. The Kier molecular flexibility index (Phi) is 3.02. The molecule has 0 atom stereocenters. The molecule has 0 aliphatic carbocycles.